The molecular formula is C4HClS. The molecule has 0 nitrogen and oxygen atoms in total. The third-order valence-electron chi connectivity index (χ3n) is 0.393. The fraction of sp³-hybridized carbons (Fsp3) is 0. The molecule has 0 spiro atoms. The van der Waals surface area contributed by atoms with Crippen molar-refractivity contribution >= 4 is 22.9 Å². The van der Waals surface area contributed by atoms with Crippen LogP contribution < -0.4 is 0 Å². The van der Waals surface area contributed by atoms with Crippen molar-refractivity contribution in [3.05, 3.63) is 21.8 Å². The molecule has 0 amide bonds. The predicted molar refractivity (Wildman–Crippen MR) is 27.0 cm³/mol. The van der Waals surface area contributed by atoms with Gasteiger partial charge in [0, 0.05) is 6.07 Å². The van der Waals surface area contributed by atoms with Gasteiger partial charge < -0.3 is 0 Å². The first-order valence-electron chi connectivity index (χ1n) is 1.42. The standard InChI is InChI=1S/C4HClS/c5-4-2-1-3-6-4/h2H. The molecule has 0 saturated heterocycles. The summed E-state index contributed by atoms with van der Waals surface area (Å²) in [6.45, 7) is 0. The molecule has 6 heavy (non-hydrogen) atoms. The summed E-state index contributed by atoms with van der Waals surface area (Å²) < 4.78 is 0.745. The van der Waals surface area contributed by atoms with Crippen LogP contribution in [0.5, 0.6) is 0 Å². The molecule has 0 unspecified atom stereocenters. The van der Waals surface area contributed by atoms with Crippen molar-refractivity contribution in [3.8, 4) is 0 Å². The van der Waals surface area contributed by atoms with E-state index in [0.29, 0.717) is 0 Å². The molecule has 1 aromatic rings. The highest BCUT2D eigenvalue weighted by atomic mass is 35.5. The van der Waals surface area contributed by atoms with Gasteiger partial charge in [0.25, 0.3) is 0 Å². The number of thiophene rings is 1. The van der Waals surface area contributed by atoms with E-state index in [-0.39, 0.29) is 0 Å². The van der Waals surface area contributed by atoms with Crippen LogP contribution in [0.4, 0.5) is 0 Å². The summed E-state index contributed by atoms with van der Waals surface area (Å²) in [6, 6.07) is 4.38. The highest BCUT2D eigenvalue weighted by Crippen LogP contribution is 2.12. The molecule has 0 aromatic carbocycles. The predicted octanol–water partition coefficient (Wildman–Crippen LogP) is 2.00. The van der Waals surface area contributed by atoms with Crippen LogP contribution in [-0.4, -0.2) is 0 Å². The molecule has 0 N–H and O–H groups in total. The van der Waals surface area contributed by atoms with Crippen molar-refractivity contribution in [2.45, 2.75) is 0 Å². The normalized spacial score (nSPS) is 8.83. The maximum Gasteiger partial charge on any atom is 0.0941 e. The molecular weight excluding hydrogens is 116 g/mol. The average Bonchev–Trinajstić information content (AvgIpc) is 1.86. The SMILES string of the molecule is Clc1c[c][c]s1. The van der Waals surface area contributed by atoms with Gasteiger partial charge in [-0.25, -0.2) is 0 Å². The van der Waals surface area contributed by atoms with E-state index in [1.165, 1.54) is 11.3 Å². The molecule has 1 aromatic heterocycles. The lowest BCUT2D eigenvalue weighted by atomic mass is 10.7. The van der Waals surface area contributed by atoms with E-state index < -0.39 is 0 Å². The van der Waals surface area contributed by atoms with Crippen LogP contribution in [0.15, 0.2) is 6.07 Å². The van der Waals surface area contributed by atoms with Gasteiger partial charge in [-0.2, -0.15) is 0 Å². The van der Waals surface area contributed by atoms with Crippen molar-refractivity contribution in [1.29, 1.82) is 0 Å². The summed E-state index contributed by atoms with van der Waals surface area (Å²) in [4.78, 5) is 0. The topological polar surface area (TPSA) is 0 Å². The van der Waals surface area contributed by atoms with Crippen LogP contribution in [0.1, 0.15) is 0 Å². The minimum atomic E-state index is 0.745. The lowest BCUT2D eigenvalue weighted by molar-refractivity contribution is 1.97. The van der Waals surface area contributed by atoms with Gasteiger partial charge in [0.05, 0.1) is 9.72 Å². The fourth-order valence-corrected chi connectivity index (χ4v) is 0.697. The van der Waals surface area contributed by atoms with Crippen molar-refractivity contribution in [1.82, 2.24) is 0 Å². The molecule has 30 valence electrons. The summed E-state index contributed by atoms with van der Waals surface area (Å²) in [5.74, 6) is 0. The van der Waals surface area contributed by atoms with Gasteiger partial charge in [0.1, 0.15) is 0 Å². The number of hydrogen-bond acceptors (Lipinski definition) is 1. The Kier molecular flexibility index (Phi) is 1.13. The highest BCUT2D eigenvalue weighted by Gasteiger charge is 1.79. The van der Waals surface area contributed by atoms with Crippen LogP contribution >= 0.6 is 22.9 Å². The Morgan fingerprint density at radius 2 is 2.67 bits per heavy atom. The van der Waals surface area contributed by atoms with Gasteiger partial charge in [-0.3, -0.25) is 0 Å². The Bertz CT molecular complexity index is 111. The lowest BCUT2D eigenvalue weighted by Crippen LogP contribution is -1.30. The van der Waals surface area contributed by atoms with Gasteiger partial charge in [-0.05, 0) is 6.07 Å². The van der Waals surface area contributed by atoms with E-state index in [1.54, 1.807) is 6.07 Å². The molecule has 1 rings (SSSR count). The van der Waals surface area contributed by atoms with Crippen molar-refractivity contribution in [2.24, 2.45) is 0 Å². The van der Waals surface area contributed by atoms with Gasteiger partial charge in [-0.1, -0.05) is 11.6 Å². The Morgan fingerprint density at radius 1 is 1.83 bits per heavy atom. The average molecular weight is 117 g/mol. The molecule has 2 radical (unpaired) electrons. The Balaban J connectivity index is 3.05. The van der Waals surface area contributed by atoms with Crippen molar-refractivity contribution in [2.75, 3.05) is 0 Å². The molecule has 0 bridgehead atoms. The zero-order valence-corrected chi connectivity index (χ0v) is 4.44. The van der Waals surface area contributed by atoms with E-state index in [1.807, 2.05) is 0 Å². The summed E-state index contributed by atoms with van der Waals surface area (Å²) in [6.07, 6.45) is 0. The minimum absolute atomic E-state index is 0.745. The second-order valence-electron chi connectivity index (χ2n) is 0.797. The molecule has 0 fully saturated rings. The quantitative estimate of drug-likeness (QED) is 0.487. The Morgan fingerprint density at radius 3 is 2.83 bits per heavy atom. The van der Waals surface area contributed by atoms with E-state index in [9.17, 15) is 0 Å². The minimum Gasteiger partial charge on any atom is -0.122 e. The smallest absolute Gasteiger partial charge is 0.0941 e. The van der Waals surface area contributed by atoms with E-state index in [2.05, 4.69) is 11.4 Å². The van der Waals surface area contributed by atoms with E-state index in [0.717, 1.165) is 4.34 Å². The maximum atomic E-state index is 5.41. The molecule has 0 aliphatic heterocycles. The summed E-state index contributed by atoms with van der Waals surface area (Å²) in [5, 5.41) is 2.71. The van der Waals surface area contributed by atoms with Crippen LogP contribution in [0.25, 0.3) is 0 Å². The van der Waals surface area contributed by atoms with Crippen LogP contribution in [-0.2, 0) is 0 Å². The largest absolute Gasteiger partial charge is 0.122 e. The van der Waals surface area contributed by atoms with Crippen molar-refractivity contribution < 1.29 is 0 Å². The Labute approximate surface area is 45.4 Å². The maximum absolute atomic E-state index is 5.41. The molecule has 0 atom stereocenters. The number of rotatable bonds is 0. The summed E-state index contributed by atoms with van der Waals surface area (Å²) in [7, 11) is 0. The van der Waals surface area contributed by atoms with Crippen LogP contribution in [0.2, 0.25) is 4.34 Å². The van der Waals surface area contributed by atoms with Crippen LogP contribution in [0, 0.1) is 11.4 Å². The third kappa shape index (κ3) is 0.730. The summed E-state index contributed by atoms with van der Waals surface area (Å²) >= 11 is 6.77. The van der Waals surface area contributed by atoms with Crippen LogP contribution in [0.3, 0.4) is 0 Å². The van der Waals surface area contributed by atoms with Gasteiger partial charge in [0.2, 0.25) is 0 Å². The monoisotopic (exact) mass is 116 g/mol. The second kappa shape index (κ2) is 1.63. The third-order valence-corrected chi connectivity index (χ3v) is 1.27. The van der Waals surface area contributed by atoms with Crippen molar-refractivity contribution in [3.63, 3.8) is 0 Å². The van der Waals surface area contributed by atoms with Gasteiger partial charge in [0.15, 0.2) is 0 Å². The molecule has 0 saturated carbocycles. The fourth-order valence-electron chi connectivity index (χ4n) is 0.194. The van der Waals surface area contributed by atoms with E-state index >= 15 is 0 Å². The highest BCUT2D eigenvalue weighted by molar-refractivity contribution is 7.13. The zero-order valence-electron chi connectivity index (χ0n) is 2.86. The first kappa shape index (κ1) is 4.16. The summed E-state index contributed by atoms with van der Waals surface area (Å²) in [5.41, 5.74) is 0. The van der Waals surface area contributed by atoms with E-state index in [4.69, 9.17) is 11.6 Å². The molecule has 0 aliphatic carbocycles. The lowest BCUT2D eigenvalue weighted by Gasteiger charge is -1.61. The first-order valence-corrected chi connectivity index (χ1v) is 2.62. The van der Waals surface area contributed by atoms with Gasteiger partial charge in [-0.15, -0.1) is 11.3 Å². The first-order chi connectivity index (χ1) is 2.89. The van der Waals surface area contributed by atoms with Gasteiger partial charge >= 0.3 is 0 Å². The molecule has 2 heteroatoms. The second-order valence-corrected chi connectivity index (χ2v) is 2.28. The number of hydrogen-bond donors (Lipinski definition) is 0. The Hall–Kier alpha value is -0.0100. The number of halogens is 1. The molecule has 1 heterocycles. The molecule has 0 aliphatic rings. The zero-order chi connectivity index (χ0) is 4.41.